The summed E-state index contributed by atoms with van der Waals surface area (Å²) in [6, 6.07) is 0.504. The van der Waals surface area contributed by atoms with Crippen molar-refractivity contribution in [2.75, 3.05) is 5.32 Å². The number of anilines is 1. The van der Waals surface area contributed by atoms with Crippen molar-refractivity contribution in [2.45, 2.75) is 76.3 Å². The molecular weight excluding hydrogens is 268 g/mol. The maximum Gasteiger partial charge on any atom is 0.352 e. The SMILES string of the molecule is O=c1nc(NC2CCCCC2)n(C2CCCCC2)c(=O)[nH]1. The average Bonchev–Trinajstić information content (AvgIpc) is 2.48. The summed E-state index contributed by atoms with van der Waals surface area (Å²) >= 11 is 0. The van der Waals surface area contributed by atoms with Crippen molar-refractivity contribution in [3.8, 4) is 0 Å². The van der Waals surface area contributed by atoms with E-state index in [0.717, 1.165) is 38.5 Å². The molecule has 0 bridgehead atoms. The monoisotopic (exact) mass is 292 g/mol. The van der Waals surface area contributed by atoms with Gasteiger partial charge >= 0.3 is 11.4 Å². The average molecular weight is 292 g/mol. The largest absolute Gasteiger partial charge is 0.353 e. The molecule has 2 saturated carbocycles. The Morgan fingerprint density at radius 2 is 1.57 bits per heavy atom. The van der Waals surface area contributed by atoms with Crippen molar-refractivity contribution in [1.29, 1.82) is 0 Å². The highest BCUT2D eigenvalue weighted by atomic mass is 16.2. The number of hydrogen-bond donors (Lipinski definition) is 2. The van der Waals surface area contributed by atoms with Crippen LogP contribution in [0.4, 0.5) is 5.95 Å². The van der Waals surface area contributed by atoms with Crippen LogP contribution in [-0.2, 0) is 0 Å². The van der Waals surface area contributed by atoms with Crippen LogP contribution in [0.2, 0.25) is 0 Å². The van der Waals surface area contributed by atoms with Gasteiger partial charge in [0.1, 0.15) is 0 Å². The fourth-order valence-electron chi connectivity index (χ4n) is 3.64. The van der Waals surface area contributed by atoms with Crippen LogP contribution >= 0.6 is 0 Å². The predicted octanol–water partition coefficient (Wildman–Crippen LogP) is 2.18. The molecule has 6 nitrogen and oxygen atoms in total. The van der Waals surface area contributed by atoms with Gasteiger partial charge in [-0.2, -0.15) is 4.98 Å². The maximum atomic E-state index is 12.2. The van der Waals surface area contributed by atoms with Crippen molar-refractivity contribution in [1.82, 2.24) is 14.5 Å². The molecule has 3 rings (SSSR count). The Labute approximate surface area is 124 Å². The molecule has 0 amide bonds. The third-order valence-corrected chi connectivity index (χ3v) is 4.75. The lowest BCUT2D eigenvalue weighted by Crippen LogP contribution is -2.39. The summed E-state index contributed by atoms with van der Waals surface area (Å²) < 4.78 is 1.69. The van der Waals surface area contributed by atoms with Gasteiger partial charge < -0.3 is 5.32 Å². The molecule has 116 valence electrons. The molecule has 0 spiro atoms. The van der Waals surface area contributed by atoms with Gasteiger partial charge in [0, 0.05) is 12.1 Å². The van der Waals surface area contributed by atoms with E-state index in [4.69, 9.17) is 0 Å². The zero-order valence-corrected chi connectivity index (χ0v) is 12.4. The summed E-state index contributed by atoms with van der Waals surface area (Å²) in [5, 5.41) is 3.36. The minimum absolute atomic E-state index is 0.168. The second kappa shape index (κ2) is 6.45. The first-order valence-electron chi connectivity index (χ1n) is 8.23. The Balaban J connectivity index is 1.89. The van der Waals surface area contributed by atoms with Crippen molar-refractivity contribution in [3.05, 3.63) is 21.0 Å². The van der Waals surface area contributed by atoms with Gasteiger partial charge in [0.25, 0.3) is 0 Å². The maximum absolute atomic E-state index is 12.2. The lowest BCUT2D eigenvalue weighted by molar-refractivity contribution is 0.339. The Morgan fingerprint density at radius 1 is 0.952 bits per heavy atom. The second-order valence-electron chi connectivity index (χ2n) is 6.31. The fourth-order valence-corrected chi connectivity index (χ4v) is 3.64. The molecule has 1 heterocycles. The topological polar surface area (TPSA) is 79.8 Å². The van der Waals surface area contributed by atoms with Crippen LogP contribution in [0, 0.1) is 0 Å². The van der Waals surface area contributed by atoms with E-state index in [9.17, 15) is 9.59 Å². The molecule has 0 atom stereocenters. The first kappa shape index (κ1) is 14.4. The van der Waals surface area contributed by atoms with Crippen LogP contribution in [0.5, 0.6) is 0 Å². The standard InChI is InChI=1S/C15H24N4O2/c20-14-17-13(16-11-7-3-1-4-8-11)19(15(21)18-14)12-9-5-2-6-10-12/h11-12H,1-10H2,(H2,16,17,18,20,21). The van der Waals surface area contributed by atoms with E-state index in [0.29, 0.717) is 12.0 Å². The molecule has 0 aromatic carbocycles. The molecule has 2 N–H and O–H groups in total. The third kappa shape index (κ3) is 3.36. The Kier molecular flexibility index (Phi) is 4.41. The number of nitrogens with one attached hydrogen (secondary N) is 2. The van der Waals surface area contributed by atoms with Crippen LogP contribution in [0.25, 0.3) is 0 Å². The van der Waals surface area contributed by atoms with Gasteiger partial charge in [0.05, 0.1) is 0 Å². The lowest BCUT2D eigenvalue weighted by atomic mass is 9.95. The Morgan fingerprint density at radius 3 is 2.24 bits per heavy atom. The first-order valence-corrected chi connectivity index (χ1v) is 8.23. The Bertz CT molecular complexity index is 580. The zero-order chi connectivity index (χ0) is 14.7. The minimum Gasteiger partial charge on any atom is -0.353 e. The van der Waals surface area contributed by atoms with Crippen LogP contribution in [0.1, 0.15) is 70.3 Å². The summed E-state index contributed by atoms with van der Waals surface area (Å²) in [7, 11) is 0. The van der Waals surface area contributed by atoms with Crippen LogP contribution in [0.3, 0.4) is 0 Å². The molecule has 0 saturated heterocycles. The van der Waals surface area contributed by atoms with Crippen molar-refractivity contribution in [3.63, 3.8) is 0 Å². The summed E-state index contributed by atoms with van der Waals surface area (Å²) in [5.74, 6) is 0.475. The van der Waals surface area contributed by atoms with Gasteiger partial charge in [-0.3, -0.25) is 9.55 Å². The number of H-pyrrole nitrogens is 1. The number of aromatic nitrogens is 3. The van der Waals surface area contributed by atoms with Gasteiger partial charge in [0.2, 0.25) is 5.95 Å². The molecule has 21 heavy (non-hydrogen) atoms. The van der Waals surface area contributed by atoms with Gasteiger partial charge in [-0.15, -0.1) is 0 Å². The van der Waals surface area contributed by atoms with E-state index in [1.807, 2.05) is 0 Å². The molecule has 0 unspecified atom stereocenters. The number of hydrogen-bond acceptors (Lipinski definition) is 4. The fraction of sp³-hybridized carbons (Fsp3) is 0.800. The van der Waals surface area contributed by atoms with Crippen LogP contribution in [0.15, 0.2) is 9.59 Å². The summed E-state index contributed by atoms with van der Waals surface area (Å²) in [5.41, 5.74) is -0.870. The quantitative estimate of drug-likeness (QED) is 0.895. The highest BCUT2D eigenvalue weighted by Crippen LogP contribution is 2.29. The molecule has 2 fully saturated rings. The van der Waals surface area contributed by atoms with Crippen LogP contribution in [-0.4, -0.2) is 20.6 Å². The number of aromatic amines is 1. The molecule has 1 aromatic rings. The van der Waals surface area contributed by atoms with E-state index in [-0.39, 0.29) is 11.7 Å². The first-order chi connectivity index (χ1) is 10.2. The van der Waals surface area contributed by atoms with Crippen molar-refractivity contribution < 1.29 is 0 Å². The number of rotatable bonds is 3. The number of nitrogens with zero attached hydrogens (tertiary/aromatic N) is 2. The summed E-state index contributed by atoms with van der Waals surface area (Å²) in [6.45, 7) is 0. The molecule has 0 radical (unpaired) electrons. The van der Waals surface area contributed by atoms with Crippen molar-refractivity contribution in [2.24, 2.45) is 0 Å². The normalized spacial score (nSPS) is 21.3. The second-order valence-corrected chi connectivity index (χ2v) is 6.31. The summed E-state index contributed by atoms with van der Waals surface area (Å²) in [6.07, 6.45) is 11.4. The van der Waals surface area contributed by atoms with Crippen molar-refractivity contribution >= 4 is 5.95 Å². The molecular formula is C15H24N4O2. The van der Waals surface area contributed by atoms with Gasteiger partial charge in [-0.1, -0.05) is 38.5 Å². The van der Waals surface area contributed by atoms with Gasteiger partial charge in [-0.05, 0) is 25.7 Å². The van der Waals surface area contributed by atoms with E-state index < -0.39 is 5.69 Å². The molecule has 2 aliphatic rings. The van der Waals surface area contributed by atoms with E-state index in [2.05, 4.69) is 15.3 Å². The smallest absolute Gasteiger partial charge is 0.352 e. The Hall–Kier alpha value is -1.59. The van der Waals surface area contributed by atoms with Gasteiger partial charge in [0.15, 0.2) is 0 Å². The highest BCUT2D eigenvalue weighted by Gasteiger charge is 2.22. The van der Waals surface area contributed by atoms with E-state index in [1.54, 1.807) is 4.57 Å². The molecule has 2 aliphatic carbocycles. The predicted molar refractivity (Wildman–Crippen MR) is 81.7 cm³/mol. The lowest BCUT2D eigenvalue weighted by Gasteiger charge is -2.28. The zero-order valence-electron chi connectivity index (χ0n) is 12.4. The minimum atomic E-state index is -0.551. The highest BCUT2D eigenvalue weighted by molar-refractivity contribution is 5.26. The molecule has 0 aliphatic heterocycles. The third-order valence-electron chi connectivity index (χ3n) is 4.75. The van der Waals surface area contributed by atoms with E-state index >= 15 is 0 Å². The molecule has 6 heteroatoms. The van der Waals surface area contributed by atoms with Gasteiger partial charge in [-0.25, -0.2) is 9.59 Å². The molecule has 1 aromatic heterocycles. The van der Waals surface area contributed by atoms with Crippen LogP contribution < -0.4 is 16.7 Å². The van der Waals surface area contributed by atoms with E-state index in [1.165, 1.54) is 25.7 Å². The summed E-state index contributed by atoms with van der Waals surface area (Å²) in [4.78, 5) is 30.2.